The van der Waals surface area contributed by atoms with E-state index in [1.54, 1.807) is 16.6 Å². The molecular formula is C21H19N7OS. The Labute approximate surface area is 177 Å². The summed E-state index contributed by atoms with van der Waals surface area (Å²) in [4.78, 5) is 0. The molecule has 0 amide bonds. The van der Waals surface area contributed by atoms with E-state index in [1.165, 1.54) is 0 Å². The number of nitrogens with two attached hydrogens (primary N) is 1. The average Bonchev–Trinajstić information content (AvgIpc) is 3.41. The molecule has 3 heterocycles. The number of pyridine rings is 1. The normalized spacial score (nSPS) is 16.3. The Kier molecular flexibility index (Phi) is 4.32. The number of aromatic nitrogens is 4. The first kappa shape index (κ1) is 18.4. The van der Waals surface area contributed by atoms with Gasteiger partial charge in [0.05, 0.1) is 24.4 Å². The average molecular weight is 417 g/mol. The van der Waals surface area contributed by atoms with Crippen LogP contribution >= 0.6 is 12.2 Å². The molecule has 2 aromatic carbocycles. The number of fused-ring (bicyclic) bond motifs is 3. The Morgan fingerprint density at radius 1 is 1.17 bits per heavy atom. The zero-order valence-electron chi connectivity index (χ0n) is 16.5. The standard InChI is InChI=1S/C21H19N7OS/c1-12-3-8-18-14(9-12)10-16(20-23-25-26-27(18)20)19-11-17(24-28(19)21(22)30)13-4-6-15(29-2)7-5-13/h3-10,19H,11H2,1-2H3,(H2,22,30). The van der Waals surface area contributed by atoms with Crippen molar-refractivity contribution in [2.75, 3.05) is 7.11 Å². The van der Waals surface area contributed by atoms with Crippen molar-refractivity contribution in [3.05, 3.63) is 65.2 Å². The van der Waals surface area contributed by atoms with Crippen LogP contribution in [0.3, 0.4) is 0 Å². The fraction of sp³-hybridized carbons (Fsp3) is 0.190. The monoisotopic (exact) mass is 417 g/mol. The van der Waals surface area contributed by atoms with Crippen LogP contribution in [0.15, 0.2) is 53.6 Å². The molecule has 0 fully saturated rings. The first-order valence-electron chi connectivity index (χ1n) is 9.47. The lowest BCUT2D eigenvalue weighted by molar-refractivity contribution is 0.374. The molecule has 2 N–H and O–H groups in total. The van der Waals surface area contributed by atoms with E-state index in [1.807, 2.05) is 36.4 Å². The number of ether oxygens (including phenoxy) is 1. The van der Waals surface area contributed by atoms with Crippen LogP contribution in [0.4, 0.5) is 0 Å². The van der Waals surface area contributed by atoms with E-state index in [0.717, 1.165) is 39.1 Å². The Morgan fingerprint density at radius 2 is 1.97 bits per heavy atom. The van der Waals surface area contributed by atoms with Crippen LogP contribution in [-0.4, -0.2) is 43.0 Å². The molecule has 4 aromatic rings. The molecule has 0 aliphatic carbocycles. The summed E-state index contributed by atoms with van der Waals surface area (Å²) >= 11 is 5.31. The van der Waals surface area contributed by atoms with Crippen molar-refractivity contribution in [2.24, 2.45) is 10.8 Å². The van der Waals surface area contributed by atoms with Gasteiger partial charge in [0.25, 0.3) is 0 Å². The molecule has 1 aliphatic heterocycles. The molecule has 0 bridgehead atoms. The van der Waals surface area contributed by atoms with Gasteiger partial charge in [0, 0.05) is 17.4 Å². The summed E-state index contributed by atoms with van der Waals surface area (Å²) in [7, 11) is 1.64. The number of thiocarbonyl (C=S) groups is 1. The van der Waals surface area contributed by atoms with Gasteiger partial charge in [0.1, 0.15) is 5.75 Å². The van der Waals surface area contributed by atoms with Crippen LogP contribution in [0.25, 0.3) is 16.6 Å². The van der Waals surface area contributed by atoms with E-state index in [9.17, 15) is 0 Å². The smallest absolute Gasteiger partial charge is 0.187 e. The number of aryl methyl sites for hydroxylation is 1. The predicted molar refractivity (Wildman–Crippen MR) is 119 cm³/mol. The number of benzene rings is 2. The van der Waals surface area contributed by atoms with Crippen molar-refractivity contribution in [3.8, 4) is 5.75 Å². The zero-order valence-corrected chi connectivity index (χ0v) is 17.3. The van der Waals surface area contributed by atoms with Crippen molar-refractivity contribution >= 4 is 39.6 Å². The summed E-state index contributed by atoms with van der Waals surface area (Å²) in [5, 5.41) is 20.0. The minimum atomic E-state index is -0.196. The van der Waals surface area contributed by atoms with Crippen molar-refractivity contribution in [2.45, 2.75) is 19.4 Å². The topological polar surface area (TPSA) is 93.9 Å². The third-order valence-corrected chi connectivity index (χ3v) is 5.56. The maximum Gasteiger partial charge on any atom is 0.187 e. The molecule has 0 radical (unpaired) electrons. The number of rotatable bonds is 3. The van der Waals surface area contributed by atoms with E-state index in [4.69, 9.17) is 27.8 Å². The second-order valence-electron chi connectivity index (χ2n) is 7.25. The van der Waals surface area contributed by atoms with Gasteiger partial charge in [-0.05, 0) is 77.6 Å². The SMILES string of the molecule is COc1ccc(C2=NN(C(N)=S)C(c3cc4cc(C)ccc4n4nnnc34)C2)cc1. The van der Waals surface area contributed by atoms with Crippen LogP contribution < -0.4 is 10.5 Å². The fourth-order valence-electron chi connectivity index (χ4n) is 3.90. The van der Waals surface area contributed by atoms with E-state index in [2.05, 4.69) is 34.6 Å². The van der Waals surface area contributed by atoms with Crippen molar-refractivity contribution in [3.63, 3.8) is 0 Å². The second-order valence-corrected chi connectivity index (χ2v) is 7.67. The highest BCUT2D eigenvalue weighted by atomic mass is 32.1. The van der Waals surface area contributed by atoms with E-state index in [-0.39, 0.29) is 11.2 Å². The van der Waals surface area contributed by atoms with Gasteiger partial charge in [-0.1, -0.05) is 11.6 Å². The largest absolute Gasteiger partial charge is 0.497 e. The molecule has 1 aliphatic rings. The highest BCUT2D eigenvalue weighted by molar-refractivity contribution is 7.80. The Balaban J connectivity index is 1.62. The molecule has 5 rings (SSSR count). The number of hydrogen-bond acceptors (Lipinski definition) is 6. The van der Waals surface area contributed by atoms with Gasteiger partial charge in [-0.2, -0.15) is 9.62 Å². The molecule has 30 heavy (non-hydrogen) atoms. The third-order valence-electron chi connectivity index (χ3n) is 5.37. The number of nitrogens with zero attached hydrogens (tertiary/aromatic N) is 6. The van der Waals surface area contributed by atoms with Gasteiger partial charge >= 0.3 is 0 Å². The van der Waals surface area contributed by atoms with Gasteiger partial charge in [-0.25, -0.2) is 5.01 Å². The van der Waals surface area contributed by atoms with Crippen LogP contribution in [-0.2, 0) is 0 Å². The van der Waals surface area contributed by atoms with Crippen molar-refractivity contribution < 1.29 is 4.74 Å². The zero-order chi connectivity index (χ0) is 20.8. The maximum atomic E-state index is 6.04. The summed E-state index contributed by atoms with van der Waals surface area (Å²) < 4.78 is 7.01. The lowest BCUT2D eigenvalue weighted by atomic mass is 9.97. The quantitative estimate of drug-likeness (QED) is 0.512. The third kappa shape index (κ3) is 2.94. The molecule has 8 nitrogen and oxygen atoms in total. The summed E-state index contributed by atoms with van der Waals surface area (Å²) in [5.41, 5.74) is 11.6. The highest BCUT2D eigenvalue weighted by Gasteiger charge is 2.33. The Hall–Kier alpha value is -3.59. The highest BCUT2D eigenvalue weighted by Crippen LogP contribution is 2.36. The van der Waals surface area contributed by atoms with Crippen LogP contribution in [0, 0.1) is 6.92 Å². The fourth-order valence-corrected chi connectivity index (χ4v) is 4.07. The van der Waals surface area contributed by atoms with Crippen LogP contribution in [0.1, 0.15) is 29.2 Å². The van der Waals surface area contributed by atoms with E-state index < -0.39 is 0 Å². The molecule has 0 spiro atoms. The van der Waals surface area contributed by atoms with Crippen LogP contribution in [0.2, 0.25) is 0 Å². The summed E-state index contributed by atoms with van der Waals surface area (Å²) in [6.45, 7) is 2.06. The molecule has 2 aromatic heterocycles. The van der Waals surface area contributed by atoms with Gasteiger partial charge < -0.3 is 10.5 Å². The van der Waals surface area contributed by atoms with Crippen LogP contribution in [0.5, 0.6) is 5.75 Å². The molecule has 0 saturated heterocycles. The maximum absolute atomic E-state index is 6.04. The van der Waals surface area contributed by atoms with E-state index >= 15 is 0 Å². The molecule has 0 saturated carbocycles. The van der Waals surface area contributed by atoms with Gasteiger partial charge in [0.2, 0.25) is 0 Å². The Morgan fingerprint density at radius 3 is 2.70 bits per heavy atom. The lowest BCUT2D eigenvalue weighted by Crippen LogP contribution is -2.32. The van der Waals surface area contributed by atoms with Gasteiger partial charge in [0.15, 0.2) is 10.8 Å². The van der Waals surface area contributed by atoms with Crippen molar-refractivity contribution in [1.82, 2.24) is 25.0 Å². The van der Waals surface area contributed by atoms with Gasteiger partial charge in [-0.3, -0.25) is 0 Å². The number of methoxy groups -OCH3 is 1. The summed E-state index contributed by atoms with van der Waals surface area (Å²) in [6, 6.07) is 15.9. The first-order valence-corrected chi connectivity index (χ1v) is 9.88. The first-order chi connectivity index (χ1) is 14.5. The lowest BCUT2D eigenvalue weighted by Gasteiger charge is -2.22. The molecule has 9 heteroatoms. The molecule has 1 unspecified atom stereocenters. The van der Waals surface area contributed by atoms with E-state index in [0.29, 0.717) is 12.1 Å². The minimum absolute atomic E-state index is 0.196. The van der Waals surface area contributed by atoms with Crippen molar-refractivity contribution in [1.29, 1.82) is 0 Å². The van der Waals surface area contributed by atoms with Gasteiger partial charge in [-0.15, -0.1) is 5.10 Å². The molecular weight excluding hydrogens is 398 g/mol. The summed E-state index contributed by atoms with van der Waals surface area (Å²) in [5.74, 6) is 0.793. The second kappa shape index (κ2) is 7.03. The number of tetrazole rings is 1. The predicted octanol–water partition coefficient (Wildman–Crippen LogP) is 2.99. The number of hydrogen-bond donors (Lipinski definition) is 1. The minimum Gasteiger partial charge on any atom is -0.497 e. The molecule has 1 atom stereocenters. The molecule has 150 valence electrons. The Bertz CT molecular complexity index is 1310. The summed E-state index contributed by atoms with van der Waals surface area (Å²) in [6.07, 6.45) is 0.628. The number of hydrazone groups is 1.